The molecule has 2 saturated heterocycles. The molecule has 3 aromatic rings. The lowest BCUT2D eigenvalue weighted by atomic mass is 9.99. The molecular formula is C30H37ClN4O3. The fraction of sp³-hybridized carbons (Fsp3) is 0.500. The van der Waals surface area contributed by atoms with Gasteiger partial charge in [-0.2, -0.15) is 0 Å². The molecule has 0 spiro atoms. The minimum atomic E-state index is -0.100. The van der Waals surface area contributed by atoms with Gasteiger partial charge in [-0.05, 0) is 81.6 Å². The summed E-state index contributed by atoms with van der Waals surface area (Å²) in [5, 5.41) is 14.2. The van der Waals surface area contributed by atoms with Crippen LogP contribution >= 0.6 is 11.6 Å². The van der Waals surface area contributed by atoms with Gasteiger partial charge in [0.25, 0.3) is 5.91 Å². The summed E-state index contributed by atoms with van der Waals surface area (Å²) in [4.78, 5) is 21.2. The second kappa shape index (κ2) is 11.3. The van der Waals surface area contributed by atoms with Crippen molar-refractivity contribution in [1.82, 2.24) is 20.1 Å². The van der Waals surface area contributed by atoms with Crippen LogP contribution < -0.4 is 10.1 Å². The molecular weight excluding hydrogens is 500 g/mol. The average Bonchev–Trinajstić information content (AvgIpc) is 3.67. The van der Waals surface area contributed by atoms with Gasteiger partial charge < -0.3 is 20.1 Å². The van der Waals surface area contributed by atoms with E-state index in [4.69, 9.17) is 16.3 Å². The van der Waals surface area contributed by atoms with Crippen molar-refractivity contribution in [2.45, 2.75) is 57.7 Å². The van der Waals surface area contributed by atoms with Crippen molar-refractivity contribution >= 4 is 28.4 Å². The molecule has 4 heterocycles. The van der Waals surface area contributed by atoms with E-state index in [1.165, 1.54) is 37.9 Å². The molecule has 2 fully saturated rings. The summed E-state index contributed by atoms with van der Waals surface area (Å²) < 4.78 is 6.19. The first-order valence-electron chi connectivity index (χ1n) is 14.1. The van der Waals surface area contributed by atoms with Crippen molar-refractivity contribution in [2.24, 2.45) is 0 Å². The molecule has 1 amide bonds. The molecule has 1 atom stereocenters. The summed E-state index contributed by atoms with van der Waals surface area (Å²) >= 11 is 6.75. The zero-order valence-corrected chi connectivity index (χ0v) is 22.7. The lowest BCUT2D eigenvalue weighted by Gasteiger charge is -2.26. The Morgan fingerprint density at radius 2 is 1.95 bits per heavy atom. The first-order chi connectivity index (χ1) is 18.6. The van der Waals surface area contributed by atoms with Crippen molar-refractivity contribution in [3.63, 3.8) is 0 Å². The predicted molar refractivity (Wildman–Crippen MR) is 151 cm³/mol. The number of piperidine rings is 1. The van der Waals surface area contributed by atoms with E-state index in [0.717, 1.165) is 66.6 Å². The average molecular weight is 537 g/mol. The van der Waals surface area contributed by atoms with Gasteiger partial charge in [0, 0.05) is 53.4 Å². The van der Waals surface area contributed by atoms with Gasteiger partial charge in [0.15, 0.2) is 0 Å². The van der Waals surface area contributed by atoms with E-state index in [0.29, 0.717) is 29.5 Å². The topological polar surface area (TPSA) is 80.8 Å². The fourth-order valence-electron chi connectivity index (χ4n) is 6.33. The second-order valence-corrected chi connectivity index (χ2v) is 11.3. The largest absolute Gasteiger partial charge is 0.492 e. The Hall–Kier alpha value is -2.58. The number of ether oxygens (including phenoxy) is 1. The van der Waals surface area contributed by atoms with Crippen LogP contribution in [0.2, 0.25) is 5.02 Å². The Morgan fingerprint density at radius 1 is 1.08 bits per heavy atom. The number of benzene rings is 2. The molecule has 0 bridgehead atoms. The molecule has 8 heteroatoms. The van der Waals surface area contributed by atoms with Crippen LogP contribution in [0.5, 0.6) is 5.75 Å². The van der Waals surface area contributed by atoms with Crippen LogP contribution in [0.4, 0.5) is 0 Å². The van der Waals surface area contributed by atoms with Crippen LogP contribution in [0, 0.1) is 0 Å². The molecule has 0 radical (unpaired) electrons. The third kappa shape index (κ3) is 5.17. The van der Waals surface area contributed by atoms with Gasteiger partial charge in [0.05, 0.1) is 23.8 Å². The number of halogens is 1. The zero-order chi connectivity index (χ0) is 26.1. The number of fused-ring (bicyclic) bond motifs is 2. The number of H-pyrrole nitrogens is 1. The Labute approximate surface area is 229 Å². The molecule has 7 nitrogen and oxygen atoms in total. The number of aromatic nitrogens is 1. The lowest BCUT2D eigenvalue weighted by Crippen LogP contribution is -2.33. The van der Waals surface area contributed by atoms with E-state index in [2.05, 4.69) is 44.4 Å². The summed E-state index contributed by atoms with van der Waals surface area (Å²) in [5.41, 5.74) is 5.51. The first-order valence-corrected chi connectivity index (χ1v) is 14.4. The Kier molecular flexibility index (Phi) is 7.61. The molecule has 2 aromatic carbocycles. The highest BCUT2D eigenvalue weighted by atomic mass is 35.5. The van der Waals surface area contributed by atoms with Crippen molar-refractivity contribution in [3.05, 3.63) is 52.0 Å². The number of rotatable bonds is 9. The van der Waals surface area contributed by atoms with Crippen LogP contribution in [0.3, 0.4) is 0 Å². The Bertz CT molecular complexity index is 1320. The second-order valence-electron chi connectivity index (χ2n) is 10.9. The van der Waals surface area contributed by atoms with Gasteiger partial charge in [0.2, 0.25) is 0 Å². The maximum atomic E-state index is 12.8. The lowest BCUT2D eigenvalue weighted by molar-refractivity contribution is 0.0966. The van der Waals surface area contributed by atoms with E-state index >= 15 is 0 Å². The number of aromatic amines is 1. The van der Waals surface area contributed by atoms with Crippen LogP contribution in [0.1, 0.15) is 60.0 Å². The highest BCUT2D eigenvalue weighted by Crippen LogP contribution is 2.41. The van der Waals surface area contributed by atoms with Crippen molar-refractivity contribution in [1.29, 1.82) is 0 Å². The van der Waals surface area contributed by atoms with Crippen molar-refractivity contribution < 1.29 is 14.6 Å². The SMILES string of the molecule is O=C1NCc2c(Cl)c(OCCCN3CCCC3CO)cc(-c3cc4cc(CN5CCCCC5)ccc4[nH]3)c21. The molecule has 38 heavy (non-hydrogen) atoms. The molecule has 0 aliphatic carbocycles. The predicted octanol–water partition coefficient (Wildman–Crippen LogP) is 4.94. The third-order valence-electron chi connectivity index (χ3n) is 8.37. The number of carbonyl (C=O) groups excluding carboxylic acids is 1. The van der Waals surface area contributed by atoms with E-state index in [1.807, 2.05) is 6.07 Å². The number of amides is 1. The summed E-state index contributed by atoms with van der Waals surface area (Å²) in [7, 11) is 0. The maximum absolute atomic E-state index is 12.8. The number of aliphatic hydroxyl groups is 1. The summed E-state index contributed by atoms with van der Waals surface area (Å²) in [6, 6.07) is 10.9. The molecule has 3 aliphatic rings. The van der Waals surface area contributed by atoms with Crippen LogP contribution in [0.25, 0.3) is 22.2 Å². The molecule has 6 rings (SSSR count). The van der Waals surface area contributed by atoms with Gasteiger partial charge in [-0.15, -0.1) is 0 Å². The number of hydrogen-bond donors (Lipinski definition) is 3. The van der Waals surface area contributed by atoms with Crippen LogP contribution in [-0.4, -0.2) is 71.2 Å². The van der Waals surface area contributed by atoms with Gasteiger partial charge in [-0.25, -0.2) is 0 Å². The molecule has 1 aromatic heterocycles. The van der Waals surface area contributed by atoms with Gasteiger partial charge in [-0.3, -0.25) is 14.6 Å². The van der Waals surface area contributed by atoms with Gasteiger partial charge in [0.1, 0.15) is 5.75 Å². The summed E-state index contributed by atoms with van der Waals surface area (Å²) in [6.07, 6.45) is 6.95. The smallest absolute Gasteiger partial charge is 0.252 e. The monoisotopic (exact) mass is 536 g/mol. The van der Waals surface area contributed by atoms with Gasteiger partial charge in [-0.1, -0.05) is 24.1 Å². The molecule has 1 unspecified atom stereocenters. The Morgan fingerprint density at radius 3 is 2.79 bits per heavy atom. The number of nitrogens with zero attached hydrogens (tertiary/aromatic N) is 2. The quantitative estimate of drug-likeness (QED) is 0.337. The van der Waals surface area contributed by atoms with Crippen LogP contribution in [0.15, 0.2) is 30.3 Å². The summed E-state index contributed by atoms with van der Waals surface area (Å²) in [6.45, 7) is 6.39. The Balaban J connectivity index is 1.23. The normalized spacial score (nSPS) is 20.3. The minimum absolute atomic E-state index is 0.100. The van der Waals surface area contributed by atoms with E-state index in [-0.39, 0.29) is 18.6 Å². The molecule has 202 valence electrons. The molecule has 3 aliphatic heterocycles. The van der Waals surface area contributed by atoms with E-state index in [1.54, 1.807) is 0 Å². The fourth-order valence-corrected chi connectivity index (χ4v) is 6.61. The summed E-state index contributed by atoms with van der Waals surface area (Å²) in [5.74, 6) is 0.512. The third-order valence-corrected chi connectivity index (χ3v) is 8.78. The number of nitrogens with one attached hydrogen (secondary N) is 2. The molecule has 3 N–H and O–H groups in total. The van der Waals surface area contributed by atoms with Crippen molar-refractivity contribution in [3.8, 4) is 17.0 Å². The number of aliphatic hydroxyl groups excluding tert-OH is 1. The zero-order valence-electron chi connectivity index (χ0n) is 21.9. The van der Waals surface area contributed by atoms with Crippen LogP contribution in [-0.2, 0) is 13.1 Å². The number of carbonyl (C=O) groups is 1. The van der Waals surface area contributed by atoms with Crippen molar-refractivity contribution in [2.75, 3.05) is 39.4 Å². The van der Waals surface area contributed by atoms with Gasteiger partial charge >= 0.3 is 0 Å². The minimum Gasteiger partial charge on any atom is -0.492 e. The maximum Gasteiger partial charge on any atom is 0.252 e. The first kappa shape index (κ1) is 25.7. The number of hydrogen-bond acceptors (Lipinski definition) is 5. The standard InChI is InChI=1S/C30H37ClN4O3/c31-29-24-17-32-30(37)28(24)23(16-27(29)38-13-5-12-35-11-4-6-22(35)19-36)26-15-21-14-20(7-8-25(21)33-26)18-34-9-2-1-3-10-34/h7-8,14-16,22,33,36H,1-6,9-13,17-19H2,(H,32,37). The van der Waals surface area contributed by atoms with E-state index in [9.17, 15) is 9.90 Å². The number of likely N-dealkylation sites (tertiary alicyclic amines) is 2. The highest BCUT2D eigenvalue weighted by Gasteiger charge is 2.29. The van der Waals surface area contributed by atoms with E-state index < -0.39 is 0 Å². The molecule has 0 saturated carbocycles. The highest BCUT2D eigenvalue weighted by molar-refractivity contribution is 6.34.